The lowest BCUT2D eigenvalue weighted by Gasteiger charge is -2.28. The van der Waals surface area contributed by atoms with Gasteiger partial charge in [0.1, 0.15) is 12.1 Å². The highest BCUT2D eigenvalue weighted by Crippen LogP contribution is 2.32. The lowest BCUT2D eigenvalue weighted by atomic mass is 9.93. The normalized spacial score (nSPS) is 12.8. The molecule has 0 aliphatic carbocycles. The molecule has 5 rings (SSSR count). The number of methoxy groups -OCH3 is 1. The van der Waals surface area contributed by atoms with Crippen LogP contribution in [0.15, 0.2) is 54.6 Å². The van der Waals surface area contributed by atoms with E-state index in [1.54, 1.807) is 0 Å². The number of fused-ring (bicyclic) bond motifs is 1. The number of pyridine rings is 1. The molecule has 21 nitrogen and oxygen atoms in total. The van der Waals surface area contributed by atoms with Gasteiger partial charge in [0.2, 0.25) is 11.7 Å². The minimum atomic E-state index is -4.35. The molecule has 1 aromatic carbocycles. The summed E-state index contributed by atoms with van der Waals surface area (Å²) in [4.78, 5) is 67.5. The summed E-state index contributed by atoms with van der Waals surface area (Å²) in [5, 5.41) is 17.1. The molecule has 64 heavy (non-hydrogen) atoms. The van der Waals surface area contributed by atoms with Gasteiger partial charge in [0.05, 0.1) is 99.8 Å². The fourth-order valence-corrected chi connectivity index (χ4v) is 7.23. The number of hydrogen-bond donors (Lipinski definition) is 3. The molecule has 0 radical (unpaired) electrons. The van der Waals surface area contributed by atoms with E-state index < -0.39 is 39.4 Å². The summed E-state index contributed by atoms with van der Waals surface area (Å²) in [6.45, 7) is 5.29. The maximum atomic E-state index is 13.7. The summed E-state index contributed by atoms with van der Waals surface area (Å²) >= 11 is 0. The minimum absolute atomic E-state index is 0.0450. The molecule has 0 atom stereocenters. The van der Waals surface area contributed by atoms with Crippen molar-refractivity contribution < 1.29 is 55.8 Å². The van der Waals surface area contributed by atoms with Crippen molar-refractivity contribution in [2.75, 3.05) is 98.4 Å². The number of rotatable bonds is 26. The monoisotopic (exact) mass is 907 g/mol. The Balaban J connectivity index is 1.13. The van der Waals surface area contributed by atoms with Gasteiger partial charge in [-0.2, -0.15) is 18.4 Å². The van der Waals surface area contributed by atoms with E-state index in [1.807, 2.05) is 37.3 Å². The van der Waals surface area contributed by atoms with Crippen LogP contribution in [0.3, 0.4) is 0 Å². The molecule has 3 N–H and O–H groups in total. The molecule has 3 aromatic heterocycles. The topological polar surface area (TPSA) is 270 Å². The Hall–Kier alpha value is -6.09. The van der Waals surface area contributed by atoms with Gasteiger partial charge in [-0.25, -0.2) is 9.97 Å². The molecule has 1 aliphatic heterocycles. The lowest BCUT2D eigenvalue weighted by Crippen LogP contribution is -2.40. The number of likely N-dealkylation sites (tertiary alicyclic amines) is 1. The summed E-state index contributed by atoms with van der Waals surface area (Å²) in [5.41, 5.74) is 2.64. The molecule has 1 fully saturated rings. The average molecular weight is 908 g/mol. The number of carbonyl (C=O) groups is 4. The highest BCUT2D eigenvalue weighted by Gasteiger charge is 2.30. The van der Waals surface area contributed by atoms with Gasteiger partial charge in [0.25, 0.3) is 27.7 Å². The number of amides is 3. The number of aromatic nitrogens is 5. The molecule has 1 saturated heterocycles. The van der Waals surface area contributed by atoms with Gasteiger partial charge in [-0.1, -0.05) is 30.3 Å². The van der Waals surface area contributed by atoms with Crippen LogP contribution in [0, 0.1) is 11.3 Å². The van der Waals surface area contributed by atoms with E-state index in [4.69, 9.17) is 23.7 Å². The van der Waals surface area contributed by atoms with Crippen molar-refractivity contribution in [3.05, 3.63) is 71.6 Å². The van der Waals surface area contributed by atoms with E-state index in [2.05, 4.69) is 31.4 Å². The number of allylic oxidation sites excluding steroid dienone is 1. The number of piperidine rings is 1. The van der Waals surface area contributed by atoms with Crippen LogP contribution < -0.4 is 10.1 Å². The number of ketones is 1. The van der Waals surface area contributed by atoms with Crippen LogP contribution >= 0.6 is 0 Å². The van der Waals surface area contributed by atoms with E-state index in [1.165, 1.54) is 40.3 Å². The fourth-order valence-electron chi connectivity index (χ4n) is 6.78. The molecular formula is C42H53N9O12S. The van der Waals surface area contributed by atoms with Crippen molar-refractivity contribution in [1.29, 1.82) is 5.26 Å². The summed E-state index contributed by atoms with van der Waals surface area (Å²) in [6.07, 6.45) is 5.08. The molecular weight excluding hydrogens is 855 g/mol. The van der Waals surface area contributed by atoms with Crippen molar-refractivity contribution in [1.82, 2.24) is 39.8 Å². The first-order valence-electron chi connectivity index (χ1n) is 20.7. The van der Waals surface area contributed by atoms with Crippen LogP contribution in [0.25, 0.3) is 22.3 Å². The predicted molar refractivity (Wildman–Crippen MR) is 230 cm³/mol. The lowest BCUT2D eigenvalue weighted by molar-refractivity contribution is -0.132. The first kappa shape index (κ1) is 48.9. The number of carbonyl (C=O) groups excluding carboxylic acids is 4. The van der Waals surface area contributed by atoms with E-state index in [9.17, 15) is 37.4 Å². The van der Waals surface area contributed by atoms with Crippen LogP contribution in [-0.2, 0) is 38.7 Å². The summed E-state index contributed by atoms with van der Waals surface area (Å²) in [7, 11) is -2.95. The van der Waals surface area contributed by atoms with Gasteiger partial charge >= 0.3 is 0 Å². The SMILES string of the molecule is CCOCCOCCOCCOCCC(=O)N(CCCNC(=O)c1ncn(-c2ncc(OC)c3c(C(=O)C(=O)N4CCC(=C(C#N)c5ccccc5)CC4)c[nH]c23)n1)CCS(=O)(=O)O. The zero-order chi connectivity index (χ0) is 45.9. The third-order valence-electron chi connectivity index (χ3n) is 10.0. The number of nitrogens with one attached hydrogen (secondary N) is 2. The number of nitrogens with zero attached hydrogens (tertiary/aromatic N) is 7. The summed E-state index contributed by atoms with van der Waals surface area (Å²) < 4.78 is 60.4. The van der Waals surface area contributed by atoms with Gasteiger partial charge < -0.3 is 43.8 Å². The third-order valence-corrected chi connectivity index (χ3v) is 10.7. The Labute approximate surface area is 370 Å². The number of Topliss-reactive ketones (excluding diaryl/α,β-unsaturated/α-hetero) is 1. The molecule has 0 bridgehead atoms. The zero-order valence-corrected chi connectivity index (χ0v) is 36.6. The van der Waals surface area contributed by atoms with Crippen LogP contribution in [-0.4, -0.2) is 169 Å². The van der Waals surface area contributed by atoms with Crippen LogP contribution in [0.2, 0.25) is 0 Å². The Morgan fingerprint density at radius 1 is 0.953 bits per heavy atom. The number of hydrogen-bond acceptors (Lipinski definition) is 15. The van der Waals surface area contributed by atoms with Crippen molar-refractivity contribution >= 4 is 50.1 Å². The molecule has 0 saturated carbocycles. The van der Waals surface area contributed by atoms with Crippen LogP contribution in [0.4, 0.5) is 0 Å². The standard InChI is InChI=1S/C42H53N9O12S/c1-3-60-19-20-62-23-24-63-22-21-61-18-12-35(52)49(17-25-64(56,57)58)14-7-13-44-41(54)39-47-29-51(48-39)40-37-36(34(59-2)28-46-40)33(27-45-37)38(53)42(55)50-15-10-31(11-16-50)32(26-43)30-8-5-4-6-9-30/h4-6,8-9,27-29,45H,3,7,10-25H2,1-2H3,(H,44,54)(H,56,57,58). The summed E-state index contributed by atoms with van der Waals surface area (Å²) in [6, 6.07) is 11.6. The second kappa shape index (κ2) is 24.7. The second-order valence-electron chi connectivity index (χ2n) is 14.3. The van der Waals surface area contributed by atoms with E-state index in [0.717, 1.165) is 11.1 Å². The number of ether oxygens (including phenoxy) is 5. The zero-order valence-electron chi connectivity index (χ0n) is 35.8. The van der Waals surface area contributed by atoms with Crippen LogP contribution in [0.1, 0.15) is 59.1 Å². The molecule has 4 aromatic rings. The first-order valence-corrected chi connectivity index (χ1v) is 22.4. The third kappa shape index (κ3) is 14.0. The average Bonchev–Trinajstić information content (AvgIpc) is 3.98. The highest BCUT2D eigenvalue weighted by molar-refractivity contribution is 7.85. The van der Waals surface area contributed by atoms with Crippen molar-refractivity contribution in [3.8, 4) is 17.6 Å². The quantitative estimate of drug-likeness (QED) is 0.0268. The minimum Gasteiger partial charge on any atom is -0.494 e. The Kier molecular flexibility index (Phi) is 18.9. The van der Waals surface area contributed by atoms with Gasteiger partial charge in [-0.3, -0.25) is 23.7 Å². The maximum absolute atomic E-state index is 13.7. The Morgan fingerprint density at radius 3 is 2.27 bits per heavy atom. The number of benzene rings is 1. The van der Waals surface area contributed by atoms with Gasteiger partial charge in [-0.15, -0.1) is 5.10 Å². The van der Waals surface area contributed by atoms with Crippen molar-refractivity contribution in [3.63, 3.8) is 0 Å². The predicted octanol–water partition coefficient (Wildman–Crippen LogP) is 2.25. The largest absolute Gasteiger partial charge is 0.494 e. The fraction of sp³-hybridized carbons (Fsp3) is 0.476. The molecule has 0 spiro atoms. The molecule has 4 heterocycles. The van der Waals surface area contributed by atoms with Crippen molar-refractivity contribution in [2.24, 2.45) is 0 Å². The van der Waals surface area contributed by atoms with E-state index >= 15 is 0 Å². The van der Waals surface area contributed by atoms with E-state index in [0.29, 0.717) is 63.6 Å². The molecule has 22 heteroatoms. The Morgan fingerprint density at radius 2 is 1.62 bits per heavy atom. The van der Waals surface area contributed by atoms with Gasteiger partial charge in [0.15, 0.2) is 5.82 Å². The number of nitriles is 1. The van der Waals surface area contributed by atoms with Gasteiger partial charge in [-0.05, 0) is 37.3 Å². The second-order valence-corrected chi connectivity index (χ2v) is 15.8. The first-order chi connectivity index (χ1) is 30.9. The molecule has 3 amide bonds. The van der Waals surface area contributed by atoms with Gasteiger partial charge in [0, 0.05) is 45.5 Å². The van der Waals surface area contributed by atoms with E-state index in [-0.39, 0.29) is 87.1 Å². The smallest absolute Gasteiger partial charge is 0.295 e. The van der Waals surface area contributed by atoms with Crippen LogP contribution in [0.5, 0.6) is 5.75 Å². The summed E-state index contributed by atoms with van der Waals surface area (Å²) in [5.74, 6) is -3.03. The Bertz CT molecular complexity index is 2390. The molecule has 344 valence electrons. The number of aromatic amines is 1. The number of H-pyrrole nitrogens is 1. The molecule has 1 aliphatic rings. The maximum Gasteiger partial charge on any atom is 0.295 e. The van der Waals surface area contributed by atoms with Crippen molar-refractivity contribution in [2.45, 2.75) is 32.6 Å². The molecule has 0 unspecified atom stereocenters. The highest BCUT2D eigenvalue weighted by atomic mass is 32.2.